The molecule has 0 unspecified atom stereocenters. The van der Waals surface area contributed by atoms with Gasteiger partial charge in [0.05, 0.1) is 0 Å². The Morgan fingerprint density at radius 3 is 1.00 bits per heavy atom. The molecule has 0 aromatic rings. The van der Waals surface area contributed by atoms with Crippen molar-refractivity contribution in [1.29, 1.82) is 0 Å². The molecule has 5 heteroatoms. The standard InChI is InChI=1S/3BrH.Mo.Sb/h3*1H;;/q;;;;+3/p-3. The molecule has 0 saturated carbocycles. The number of halogens is 3. The molecule has 0 spiro atoms. The molecule has 0 rings (SSSR count). The summed E-state index contributed by atoms with van der Waals surface area (Å²) in [6, 6.07) is 0. The van der Waals surface area contributed by atoms with Gasteiger partial charge < -0.3 is 0 Å². The van der Waals surface area contributed by atoms with Gasteiger partial charge >= 0.3 is 51.2 Å². The SMILES string of the molecule is [Br][Sb]([Br])[Br].[Mo]. The summed E-state index contributed by atoms with van der Waals surface area (Å²) < 4.78 is 0. The van der Waals surface area contributed by atoms with Crippen molar-refractivity contribution in [3.8, 4) is 0 Å². The van der Waals surface area contributed by atoms with Gasteiger partial charge in [0.15, 0.2) is 0 Å². The van der Waals surface area contributed by atoms with E-state index in [1.165, 1.54) is 0 Å². The molecule has 0 aliphatic carbocycles. The second-order valence-corrected chi connectivity index (χ2v) is 34.7. The van der Waals surface area contributed by atoms with Gasteiger partial charge in [0.1, 0.15) is 0 Å². The molecule has 0 N–H and O–H groups in total. The summed E-state index contributed by atoms with van der Waals surface area (Å²) in [6.45, 7) is 0. The van der Waals surface area contributed by atoms with E-state index >= 15 is 0 Å². The van der Waals surface area contributed by atoms with Gasteiger partial charge in [-0.3, -0.25) is 0 Å². The fraction of sp³-hybridized carbons (Fsp3) is 0. The molecule has 0 amide bonds. The predicted octanol–water partition coefficient (Wildman–Crippen LogP) is 2.15. The Morgan fingerprint density at radius 2 is 1.00 bits per heavy atom. The minimum absolute atomic E-state index is 0. The molecule has 5 heavy (non-hydrogen) atoms. The number of rotatable bonds is 0. The Balaban J connectivity index is 0. The van der Waals surface area contributed by atoms with E-state index in [4.69, 9.17) is 0 Å². The molecule has 0 saturated heterocycles. The van der Waals surface area contributed by atoms with Gasteiger partial charge in [0.25, 0.3) is 0 Å². The smallest absolute Gasteiger partial charge is 0 e. The van der Waals surface area contributed by atoms with Crippen molar-refractivity contribution in [2.75, 3.05) is 0 Å². The normalized spacial score (nSPS) is 7.20. The third-order valence-electron chi connectivity index (χ3n) is 0. The van der Waals surface area contributed by atoms with Crippen LogP contribution in [0.1, 0.15) is 0 Å². The summed E-state index contributed by atoms with van der Waals surface area (Å²) in [7, 11) is 0. The first-order valence-corrected chi connectivity index (χ1v) is 17.7. The van der Waals surface area contributed by atoms with E-state index < -0.39 is 13.5 Å². The Kier molecular flexibility index (Phi) is 15.1. The van der Waals surface area contributed by atoms with Crippen LogP contribution in [0.4, 0.5) is 0 Å². The van der Waals surface area contributed by atoms with Crippen LogP contribution in [0, 0.1) is 0 Å². The third kappa shape index (κ3) is 19.6. The Hall–Kier alpha value is 2.95. The van der Waals surface area contributed by atoms with Crippen LogP contribution < -0.4 is 0 Å². The average Bonchev–Trinajstić information content (AvgIpc) is 0.811. The second kappa shape index (κ2) is 6.95. The minimum Gasteiger partial charge on any atom is 0 e. The maximum absolute atomic E-state index is 3.29. The number of hydrogen-bond acceptors (Lipinski definition) is 0. The monoisotopic (exact) mass is 456 g/mol. The predicted molar refractivity (Wildman–Crippen MR) is 32.5 cm³/mol. The van der Waals surface area contributed by atoms with Crippen LogP contribution in [-0.2, 0) is 21.1 Å². The van der Waals surface area contributed by atoms with Crippen LogP contribution in [-0.4, -0.2) is 13.5 Å². The summed E-state index contributed by atoms with van der Waals surface area (Å²) in [6.07, 6.45) is 0. The zero-order valence-corrected chi connectivity index (χ0v) is 11.3. The summed E-state index contributed by atoms with van der Waals surface area (Å²) in [5, 5.41) is 0. The summed E-state index contributed by atoms with van der Waals surface area (Å²) in [5.74, 6) is 0. The van der Waals surface area contributed by atoms with Crippen LogP contribution >= 0.6 is 37.8 Å². The summed E-state index contributed by atoms with van der Waals surface area (Å²) in [4.78, 5) is 0. The van der Waals surface area contributed by atoms with Crippen molar-refractivity contribution < 1.29 is 21.1 Å². The van der Waals surface area contributed by atoms with Crippen molar-refractivity contribution in [2.45, 2.75) is 0 Å². The molecule has 0 aromatic heterocycles. The van der Waals surface area contributed by atoms with Gasteiger partial charge in [0.2, 0.25) is 0 Å². The number of hydrogen-bond donors (Lipinski definition) is 0. The first-order valence-electron chi connectivity index (χ1n) is 0.507. The van der Waals surface area contributed by atoms with Gasteiger partial charge in [-0.25, -0.2) is 0 Å². The van der Waals surface area contributed by atoms with Crippen LogP contribution in [0.15, 0.2) is 0 Å². The fourth-order valence-electron chi connectivity index (χ4n) is 0. The van der Waals surface area contributed by atoms with Crippen LogP contribution in [0.5, 0.6) is 0 Å². The van der Waals surface area contributed by atoms with Crippen molar-refractivity contribution in [2.24, 2.45) is 0 Å². The summed E-state index contributed by atoms with van der Waals surface area (Å²) >= 11 is 8.85. The third-order valence-corrected chi connectivity index (χ3v) is 0. The maximum atomic E-state index is 3.29. The first-order chi connectivity index (χ1) is 1.73. The van der Waals surface area contributed by atoms with Crippen molar-refractivity contribution in [1.82, 2.24) is 0 Å². The van der Waals surface area contributed by atoms with Crippen LogP contribution in [0.2, 0.25) is 0 Å². The minimum atomic E-state index is -1.01. The van der Waals surface area contributed by atoms with Crippen LogP contribution in [0.25, 0.3) is 0 Å². The van der Waals surface area contributed by atoms with Crippen LogP contribution in [0.3, 0.4) is 0 Å². The van der Waals surface area contributed by atoms with Gasteiger partial charge in [0, 0.05) is 21.1 Å². The molecule has 32 valence electrons. The Bertz CT molecular complexity index is 11.6. The quantitative estimate of drug-likeness (QED) is 0.490. The molecule has 0 bridgehead atoms. The first kappa shape index (κ1) is 10.8. The maximum Gasteiger partial charge on any atom is 0 e. The van der Waals surface area contributed by atoms with E-state index in [1.54, 1.807) is 0 Å². The van der Waals surface area contributed by atoms with Gasteiger partial charge in [-0.2, -0.15) is 0 Å². The van der Waals surface area contributed by atoms with Gasteiger partial charge in [-0.1, -0.05) is 0 Å². The van der Waals surface area contributed by atoms with E-state index in [2.05, 4.69) is 37.8 Å². The summed E-state index contributed by atoms with van der Waals surface area (Å²) in [5.41, 5.74) is 0. The topological polar surface area (TPSA) is 0 Å². The van der Waals surface area contributed by atoms with E-state index in [0.29, 0.717) is 0 Å². The zero-order valence-electron chi connectivity index (χ0n) is 1.99. The Morgan fingerprint density at radius 1 is 1.00 bits per heavy atom. The molecule has 0 heterocycles. The molecule has 0 atom stereocenters. The molecular formula is Br3MoSb. The van der Waals surface area contributed by atoms with Gasteiger partial charge in [-0.15, -0.1) is 0 Å². The molecule has 0 aliphatic rings. The molecule has 0 aromatic carbocycles. The molecule has 0 radical (unpaired) electrons. The van der Waals surface area contributed by atoms with Crippen molar-refractivity contribution >= 4 is 51.2 Å². The molecule has 0 nitrogen and oxygen atoms in total. The van der Waals surface area contributed by atoms with Crippen molar-refractivity contribution in [3.05, 3.63) is 0 Å². The van der Waals surface area contributed by atoms with E-state index in [1.807, 2.05) is 0 Å². The molecule has 0 aliphatic heterocycles. The molecule has 0 fully saturated rings. The van der Waals surface area contributed by atoms with E-state index in [9.17, 15) is 0 Å². The Labute approximate surface area is 70.7 Å². The van der Waals surface area contributed by atoms with Gasteiger partial charge in [-0.05, 0) is 0 Å². The fourth-order valence-corrected chi connectivity index (χ4v) is 0. The molecular weight excluding hydrogens is 457 g/mol. The second-order valence-electron chi connectivity index (χ2n) is 0.192. The van der Waals surface area contributed by atoms with Crippen molar-refractivity contribution in [3.63, 3.8) is 0 Å². The zero-order chi connectivity index (χ0) is 3.58. The largest absolute Gasteiger partial charge is 0 e. The van der Waals surface area contributed by atoms with E-state index in [0.717, 1.165) is 0 Å². The van der Waals surface area contributed by atoms with E-state index in [-0.39, 0.29) is 21.1 Å². The average molecular weight is 457 g/mol.